The Morgan fingerprint density at radius 1 is 0.971 bits per heavy atom. The highest BCUT2D eigenvalue weighted by Crippen LogP contribution is 2.38. The molecule has 0 spiro atoms. The minimum Gasteiger partial charge on any atom is -0.315 e. The molecule has 9 heteroatoms. The van der Waals surface area contributed by atoms with Gasteiger partial charge < -0.3 is 10.2 Å². The standard InChI is InChI=1S/C26H34Cl2N4O3/c1-4-5-6-7-8-9-18-30-25(34)31(22-16-12-20(28)13-17-22)23(26(30,2)3)32(35)24(33)29-21-14-10-19(27)11-15-21/h10-17,23,35H,4-9,18H2,1-3H3,(H,29,33)/t23-/m1/s1. The number of anilines is 2. The number of halogens is 2. The van der Waals surface area contributed by atoms with Crippen LogP contribution in [0, 0.1) is 0 Å². The Kier molecular flexibility index (Phi) is 9.27. The van der Waals surface area contributed by atoms with Crippen molar-refractivity contribution in [2.45, 2.75) is 71.0 Å². The van der Waals surface area contributed by atoms with Gasteiger partial charge in [-0.25, -0.2) is 9.59 Å². The van der Waals surface area contributed by atoms with Crippen molar-refractivity contribution in [3.05, 3.63) is 58.6 Å². The van der Waals surface area contributed by atoms with Crippen molar-refractivity contribution in [3.63, 3.8) is 0 Å². The summed E-state index contributed by atoms with van der Waals surface area (Å²) >= 11 is 12.0. The van der Waals surface area contributed by atoms with Crippen molar-refractivity contribution in [2.75, 3.05) is 16.8 Å². The van der Waals surface area contributed by atoms with E-state index in [9.17, 15) is 14.8 Å². The third-order valence-electron chi connectivity index (χ3n) is 6.38. The summed E-state index contributed by atoms with van der Waals surface area (Å²) in [6.07, 6.45) is 5.60. The lowest BCUT2D eigenvalue weighted by Crippen LogP contribution is -2.58. The number of rotatable bonds is 10. The van der Waals surface area contributed by atoms with Crippen LogP contribution in [0.4, 0.5) is 21.0 Å². The second kappa shape index (κ2) is 12.0. The van der Waals surface area contributed by atoms with Gasteiger partial charge in [-0.05, 0) is 68.8 Å². The Hall–Kier alpha value is -2.48. The number of carbonyl (C=O) groups is 2. The van der Waals surface area contributed by atoms with Gasteiger partial charge in [0, 0.05) is 28.0 Å². The summed E-state index contributed by atoms with van der Waals surface area (Å²) in [5.74, 6) is 0. The van der Waals surface area contributed by atoms with Crippen molar-refractivity contribution in [3.8, 4) is 0 Å². The van der Waals surface area contributed by atoms with Crippen molar-refractivity contribution in [1.29, 1.82) is 0 Å². The Bertz CT molecular complexity index is 999. The fourth-order valence-electron chi connectivity index (χ4n) is 4.46. The molecule has 2 aromatic rings. The normalized spacial score (nSPS) is 17.1. The van der Waals surface area contributed by atoms with Gasteiger partial charge in [0.05, 0.1) is 5.54 Å². The highest BCUT2D eigenvalue weighted by Gasteiger charge is 2.55. The molecule has 1 saturated heterocycles. The number of hydroxylamine groups is 2. The summed E-state index contributed by atoms with van der Waals surface area (Å²) in [4.78, 5) is 29.9. The molecule has 1 aliphatic heterocycles. The number of nitrogens with zero attached hydrogens (tertiary/aromatic N) is 3. The van der Waals surface area contributed by atoms with E-state index in [0.29, 0.717) is 33.0 Å². The highest BCUT2D eigenvalue weighted by atomic mass is 35.5. The molecule has 0 aromatic heterocycles. The van der Waals surface area contributed by atoms with Crippen molar-refractivity contribution < 1.29 is 14.8 Å². The van der Waals surface area contributed by atoms with Gasteiger partial charge in [-0.15, -0.1) is 0 Å². The number of urea groups is 2. The first-order chi connectivity index (χ1) is 16.7. The summed E-state index contributed by atoms with van der Waals surface area (Å²) in [6.45, 7) is 6.44. The molecule has 1 atom stereocenters. The van der Waals surface area contributed by atoms with Crippen molar-refractivity contribution in [2.24, 2.45) is 0 Å². The van der Waals surface area contributed by atoms with E-state index in [1.165, 1.54) is 24.2 Å². The fraction of sp³-hybridized carbons (Fsp3) is 0.462. The smallest absolute Gasteiger partial charge is 0.315 e. The zero-order valence-electron chi connectivity index (χ0n) is 20.5. The van der Waals surface area contributed by atoms with Gasteiger partial charge in [-0.3, -0.25) is 10.1 Å². The molecule has 0 bridgehead atoms. The van der Waals surface area contributed by atoms with E-state index >= 15 is 0 Å². The van der Waals surface area contributed by atoms with Crippen LogP contribution >= 0.6 is 23.2 Å². The van der Waals surface area contributed by atoms with E-state index in [2.05, 4.69) is 12.2 Å². The predicted octanol–water partition coefficient (Wildman–Crippen LogP) is 7.62. The van der Waals surface area contributed by atoms with Crippen LogP contribution in [0.2, 0.25) is 10.0 Å². The fourth-order valence-corrected chi connectivity index (χ4v) is 4.71. The maximum Gasteiger partial charge on any atom is 0.347 e. The van der Waals surface area contributed by atoms with E-state index in [0.717, 1.165) is 19.3 Å². The molecule has 0 aliphatic carbocycles. The van der Waals surface area contributed by atoms with Crippen LogP contribution in [0.25, 0.3) is 0 Å². The molecule has 35 heavy (non-hydrogen) atoms. The molecule has 4 amide bonds. The summed E-state index contributed by atoms with van der Waals surface area (Å²) < 4.78 is 0. The van der Waals surface area contributed by atoms with Crippen LogP contribution in [0.1, 0.15) is 59.3 Å². The Morgan fingerprint density at radius 2 is 1.51 bits per heavy atom. The lowest BCUT2D eigenvalue weighted by molar-refractivity contribution is -0.0949. The first-order valence-electron chi connectivity index (χ1n) is 12.1. The van der Waals surface area contributed by atoms with Crippen LogP contribution in [0.5, 0.6) is 0 Å². The van der Waals surface area contributed by atoms with E-state index in [-0.39, 0.29) is 6.03 Å². The summed E-state index contributed by atoms with van der Waals surface area (Å²) in [5.41, 5.74) is 0.149. The van der Waals surface area contributed by atoms with Crippen LogP contribution in [0.3, 0.4) is 0 Å². The maximum absolute atomic E-state index is 13.6. The minimum atomic E-state index is -0.969. The molecule has 0 unspecified atom stereocenters. The second-order valence-corrected chi connectivity index (χ2v) is 10.2. The molecular weight excluding hydrogens is 487 g/mol. The number of unbranched alkanes of at least 4 members (excludes halogenated alkanes) is 5. The number of benzene rings is 2. The summed E-state index contributed by atoms with van der Waals surface area (Å²) in [6, 6.07) is 12.3. The van der Waals surface area contributed by atoms with Gasteiger partial charge in [0.1, 0.15) is 0 Å². The molecule has 0 radical (unpaired) electrons. The Morgan fingerprint density at radius 3 is 2.11 bits per heavy atom. The van der Waals surface area contributed by atoms with E-state index in [1.807, 2.05) is 13.8 Å². The van der Waals surface area contributed by atoms with E-state index < -0.39 is 17.7 Å². The third kappa shape index (κ3) is 6.40. The van der Waals surface area contributed by atoms with E-state index in [1.54, 1.807) is 53.4 Å². The molecule has 190 valence electrons. The monoisotopic (exact) mass is 520 g/mol. The molecule has 1 heterocycles. The van der Waals surface area contributed by atoms with Gasteiger partial charge in [0.2, 0.25) is 0 Å². The molecule has 1 aliphatic rings. The van der Waals surface area contributed by atoms with Gasteiger partial charge >= 0.3 is 12.1 Å². The van der Waals surface area contributed by atoms with Crippen molar-refractivity contribution in [1.82, 2.24) is 9.96 Å². The van der Waals surface area contributed by atoms with Gasteiger partial charge in [-0.1, -0.05) is 62.2 Å². The zero-order valence-corrected chi connectivity index (χ0v) is 22.0. The number of amides is 4. The topological polar surface area (TPSA) is 76.1 Å². The molecular formula is C26H34Cl2N4O3. The number of hydrogen-bond donors (Lipinski definition) is 2. The quantitative estimate of drug-likeness (QED) is 0.192. The Labute approximate surface area is 217 Å². The lowest BCUT2D eigenvalue weighted by atomic mass is 9.99. The predicted molar refractivity (Wildman–Crippen MR) is 141 cm³/mol. The Balaban J connectivity index is 1.84. The minimum absolute atomic E-state index is 0.269. The number of nitrogens with one attached hydrogen (secondary N) is 1. The third-order valence-corrected chi connectivity index (χ3v) is 6.89. The lowest BCUT2D eigenvalue weighted by Gasteiger charge is -2.38. The number of carbonyl (C=O) groups excluding carboxylic acids is 2. The summed E-state index contributed by atoms with van der Waals surface area (Å²) in [5, 5.41) is 15.4. The molecule has 1 fully saturated rings. The molecule has 0 saturated carbocycles. The SMILES string of the molecule is CCCCCCCCN1C(=O)N(c2ccc(Cl)cc2)[C@H](N(O)C(=O)Nc2ccc(Cl)cc2)C1(C)C. The van der Waals surface area contributed by atoms with Crippen LogP contribution in [0.15, 0.2) is 48.5 Å². The largest absolute Gasteiger partial charge is 0.347 e. The number of hydrogen-bond acceptors (Lipinski definition) is 3. The van der Waals surface area contributed by atoms with Crippen LogP contribution in [-0.4, -0.2) is 45.5 Å². The van der Waals surface area contributed by atoms with Crippen LogP contribution in [-0.2, 0) is 0 Å². The molecule has 3 rings (SSSR count). The average molecular weight is 521 g/mol. The van der Waals surface area contributed by atoms with Crippen molar-refractivity contribution >= 4 is 46.6 Å². The zero-order chi connectivity index (χ0) is 25.6. The van der Waals surface area contributed by atoms with Gasteiger partial charge in [0.15, 0.2) is 6.17 Å². The molecule has 2 aromatic carbocycles. The first kappa shape index (κ1) is 27.1. The first-order valence-corrected chi connectivity index (χ1v) is 12.8. The summed E-state index contributed by atoms with van der Waals surface area (Å²) in [7, 11) is 0. The average Bonchev–Trinajstić information content (AvgIpc) is 3.02. The van der Waals surface area contributed by atoms with Gasteiger partial charge in [-0.2, -0.15) is 5.06 Å². The maximum atomic E-state index is 13.6. The van der Waals surface area contributed by atoms with Crippen LogP contribution < -0.4 is 10.2 Å². The highest BCUT2D eigenvalue weighted by molar-refractivity contribution is 6.31. The molecule has 2 N–H and O–H groups in total. The van der Waals surface area contributed by atoms with Gasteiger partial charge in [0.25, 0.3) is 0 Å². The second-order valence-electron chi connectivity index (χ2n) is 9.36. The molecule has 7 nitrogen and oxygen atoms in total. The van der Waals surface area contributed by atoms with E-state index in [4.69, 9.17) is 23.2 Å².